The van der Waals surface area contributed by atoms with Crippen LogP contribution in [0.1, 0.15) is 6.92 Å². The third-order valence-corrected chi connectivity index (χ3v) is 3.17. The fourth-order valence-corrected chi connectivity index (χ4v) is 1.90. The predicted octanol–water partition coefficient (Wildman–Crippen LogP) is 3.46. The van der Waals surface area contributed by atoms with Crippen molar-refractivity contribution in [2.24, 2.45) is 0 Å². The van der Waals surface area contributed by atoms with Crippen molar-refractivity contribution in [1.82, 2.24) is 9.97 Å². The lowest BCUT2D eigenvalue weighted by molar-refractivity contribution is -0.383. The summed E-state index contributed by atoms with van der Waals surface area (Å²) in [6, 6.07) is 4.28. The zero-order chi connectivity index (χ0) is 15.4. The van der Waals surface area contributed by atoms with Crippen molar-refractivity contribution in [2.45, 2.75) is 6.92 Å². The molecule has 0 aliphatic heterocycles. The molecule has 0 unspecified atom stereocenters. The van der Waals surface area contributed by atoms with E-state index in [1.807, 2.05) is 0 Å². The van der Waals surface area contributed by atoms with Crippen LogP contribution in [0, 0.1) is 15.9 Å². The number of nitrogens with one attached hydrogen (secondary N) is 2. The molecule has 0 amide bonds. The predicted molar refractivity (Wildman–Crippen MR) is 80.2 cm³/mol. The monoisotopic (exact) mass is 355 g/mol. The number of hydrogen-bond acceptors (Lipinski definition) is 6. The first kappa shape index (κ1) is 15.1. The van der Waals surface area contributed by atoms with Crippen LogP contribution in [0.2, 0.25) is 0 Å². The summed E-state index contributed by atoms with van der Waals surface area (Å²) in [5.74, 6) is -0.381. The van der Waals surface area contributed by atoms with Crippen molar-refractivity contribution < 1.29 is 9.31 Å². The van der Waals surface area contributed by atoms with E-state index in [1.165, 1.54) is 18.5 Å². The van der Waals surface area contributed by atoms with Crippen molar-refractivity contribution in [3.63, 3.8) is 0 Å². The molecule has 1 heterocycles. The van der Waals surface area contributed by atoms with Gasteiger partial charge in [-0.05, 0) is 41.1 Å². The number of benzene rings is 1. The van der Waals surface area contributed by atoms with E-state index in [1.54, 1.807) is 13.0 Å². The second-order valence-electron chi connectivity index (χ2n) is 3.96. The van der Waals surface area contributed by atoms with Gasteiger partial charge in [-0.3, -0.25) is 10.1 Å². The Bertz CT molecular complexity index is 683. The van der Waals surface area contributed by atoms with Gasteiger partial charge < -0.3 is 10.6 Å². The van der Waals surface area contributed by atoms with Crippen LogP contribution in [0.3, 0.4) is 0 Å². The number of aromatic nitrogens is 2. The van der Waals surface area contributed by atoms with Crippen LogP contribution in [0.5, 0.6) is 0 Å². The zero-order valence-corrected chi connectivity index (χ0v) is 12.5. The summed E-state index contributed by atoms with van der Waals surface area (Å²) < 4.78 is 13.8. The topological polar surface area (TPSA) is 93.0 Å². The number of nitro groups is 1. The minimum absolute atomic E-state index is 0.00678. The molecule has 0 aliphatic rings. The number of anilines is 3. The first-order valence-electron chi connectivity index (χ1n) is 5.98. The number of rotatable bonds is 5. The normalized spacial score (nSPS) is 10.2. The van der Waals surface area contributed by atoms with Crippen molar-refractivity contribution in [3.8, 4) is 0 Å². The van der Waals surface area contributed by atoms with Gasteiger partial charge in [0.05, 0.1) is 9.40 Å². The van der Waals surface area contributed by atoms with E-state index in [4.69, 9.17) is 0 Å². The van der Waals surface area contributed by atoms with Gasteiger partial charge in [0.2, 0.25) is 11.6 Å². The molecule has 1 aromatic heterocycles. The van der Waals surface area contributed by atoms with Crippen LogP contribution in [0.25, 0.3) is 0 Å². The molecule has 7 nitrogen and oxygen atoms in total. The van der Waals surface area contributed by atoms with E-state index >= 15 is 0 Å². The van der Waals surface area contributed by atoms with Gasteiger partial charge in [0.25, 0.3) is 0 Å². The third kappa shape index (κ3) is 3.43. The SMILES string of the molecule is CCNc1ncnc(Nc2ccc(Br)c(F)c2)c1[N+](=O)[O-]. The maximum absolute atomic E-state index is 13.5. The van der Waals surface area contributed by atoms with Crippen molar-refractivity contribution in [2.75, 3.05) is 17.2 Å². The average molecular weight is 356 g/mol. The van der Waals surface area contributed by atoms with Gasteiger partial charge in [0.15, 0.2) is 0 Å². The molecule has 1 aromatic carbocycles. The van der Waals surface area contributed by atoms with Crippen LogP contribution in [0.15, 0.2) is 29.0 Å². The Morgan fingerprint density at radius 2 is 2.10 bits per heavy atom. The van der Waals surface area contributed by atoms with Gasteiger partial charge in [-0.25, -0.2) is 14.4 Å². The Morgan fingerprint density at radius 1 is 1.38 bits per heavy atom. The highest BCUT2D eigenvalue weighted by atomic mass is 79.9. The largest absolute Gasteiger partial charge is 0.364 e. The second kappa shape index (κ2) is 6.44. The molecule has 0 radical (unpaired) electrons. The van der Waals surface area contributed by atoms with E-state index in [0.717, 1.165) is 0 Å². The maximum Gasteiger partial charge on any atom is 0.353 e. The Labute approximate surface area is 127 Å². The van der Waals surface area contributed by atoms with Crippen LogP contribution >= 0.6 is 15.9 Å². The van der Waals surface area contributed by atoms with Crippen LogP contribution in [0.4, 0.5) is 27.4 Å². The first-order chi connectivity index (χ1) is 10.0. The summed E-state index contributed by atoms with van der Waals surface area (Å²) in [6.45, 7) is 2.27. The minimum Gasteiger partial charge on any atom is -0.364 e. The highest BCUT2D eigenvalue weighted by molar-refractivity contribution is 9.10. The summed E-state index contributed by atoms with van der Waals surface area (Å²) in [7, 11) is 0. The fourth-order valence-electron chi connectivity index (χ4n) is 1.65. The quantitative estimate of drug-likeness (QED) is 0.630. The molecule has 0 saturated heterocycles. The van der Waals surface area contributed by atoms with E-state index in [-0.39, 0.29) is 17.3 Å². The first-order valence-corrected chi connectivity index (χ1v) is 6.77. The molecular weight excluding hydrogens is 345 g/mol. The molecule has 0 fully saturated rings. The number of halogens is 2. The third-order valence-electron chi connectivity index (χ3n) is 2.53. The van der Waals surface area contributed by atoms with Crippen molar-refractivity contribution >= 4 is 38.9 Å². The van der Waals surface area contributed by atoms with Gasteiger partial charge in [0.1, 0.15) is 12.1 Å². The summed E-state index contributed by atoms with van der Waals surface area (Å²) in [5, 5.41) is 16.7. The summed E-state index contributed by atoms with van der Waals surface area (Å²) >= 11 is 3.04. The maximum atomic E-state index is 13.5. The van der Waals surface area contributed by atoms with Crippen LogP contribution < -0.4 is 10.6 Å². The van der Waals surface area contributed by atoms with Gasteiger partial charge in [-0.2, -0.15) is 0 Å². The van der Waals surface area contributed by atoms with Crippen molar-refractivity contribution in [3.05, 3.63) is 44.9 Å². The highest BCUT2D eigenvalue weighted by Crippen LogP contribution is 2.31. The Kier molecular flexibility index (Phi) is 4.63. The van der Waals surface area contributed by atoms with E-state index in [2.05, 4.69) is 36.5 Å². The van der Waals surface area contributed by atoms with Gasteiger partial charge in [0, 0.05) is 12.2 Å². The smallest absolute Gasteiger partial charge is 0.353 e. The number of hydrogen-bond donors (Lipinski definition) is 2. The molecule has 0 spiro atoms. The molecular formula is C12H11BrFN5O2. The van der Waals surface area contributed by atoms with Gasteiger partial charge >= 0.3 is 5.69 Å². The molecule has 21 heavy (non-hydrogen) atoms. The van der Waals surface area contributed by atoms with E-state index in [0.29, 0.717) is 16.7 Å². The number of nitrogens with zero attached hydrogens (tertiary/aromatic N) is 3. The van der Waals surface area contributed by atoms with E-state index in [9.17, 15) is 14.5 Å². The highest BCUT2D eigenvalue weighted by Gasteiger charge is 2.22. The lowest BCUT2D eigenvalue weighted by Gasteiger charge is -2.09. The fraction of sp³-hybridized carbons (Fsp3) is 0.167. The Morgan fingerprint density at radius 3 is 2.71 bits per heavy atom. The Hall–Kier alpha value is -2.29. The molecule has 2 rings (SSSR count). The summed E-state index contributed by atoms with van der Waals surface area (Å²) in [5.41, 5.74) is 0.0580. The second-order valence-corrected chi connectivity index (χ2v) is 4.82. The van der Waals surface area contributed by atoms with Gasteiger partial charge in [-0.15, -0.1) is 0 Å². The lowest BCUT2D eigenvalue weighted by atomic mass is 10.3. The Balaban J connectivity index is 2.41. The molecule has 0 atom stereocenters. The zero-order valence-electron chi connectivity index (χ0n) is 10.9. The lowest BCUT2D eigenvalue weighted by Crippen LogP contribution is -2.07. The molecule has 0 aliphatic carbocycles. The van der Waals surface area contributed by atoms with Crippen molar-refractivity contribution in [1.29, 1.82) is 0 Å². The standard InChI is InChI=1S/C12H11BrFN5O2/c1-2-15-11-10(19(20)21)12(17-6-16-11)18-7-3-4-8(13)9(14)5-7/h3-6H,2H2,1H3,(H2,15,16,17,18). The minimum atomic E-state index is -0.588. The molecule has 0 bridgehead atoms. The van der Waals surface area contributed by atoms with E-state index < -0.39 is 10.7 Å². The summed E-state index contributed by atoms with van der Waals surface area (Å²) in [4.78, 5) is 18.3. The molecule has 0 saturated carbocycles. The molecule has 2 N–H and O–H groups in total. The molecule has 9 heteroatoms. The molecule has 110 valence electrons. The average Bonchev–Trinajstić information content (AvgIpc) is 2.43. The van der Waals surface area contributed by atoms with Crippen LogP contribution in [-0.4, -0.2) is 21.4 Å². The van der Waals surface area contributed by atoms with Gasteiger partial charge in [-0.1, -0.05) is 0 Å². The molecule has 2 aromatic rings. The summed E-state index contributed by atoms with van der Waals surface area (Å²) in [6.07, 6.45) is 1.20. The van der Waals surface area contributed by atoms with Crippen LogP contribution in [-0.2, 0) is 0 Å².